The summed E-state index contributed by atoms with van der Waals surface area (Å²) >= 11 is 0. The predicted octanol–water partition coefficient (Wildman–Crippen LogP) is 11.0. The van der Waals surface area contributed by atoms with Crippen LogP contribution in [0.5, 0.6) is 0 Å². The van der Waals surface area contributed by atoms with E-state index in [1.807, 2.05) is 48.5 Å². The second-order valence-electron chi connectivity index (χ2n) is 20.1. The van der Waals surface area contributed by atoms with Crippen LogP contribution < -0.4 is 10.6 Å². The number of carbonyl (C=O) groups excluding carboxylic acids is 2. The Kier molecular flexibility index (Phi) is 13.2. The van der Waals surface area contributed by atoms with Crippen molar-refractivity contribution in [3.63, 3.8) is 0 Å². The molecule has 0 radical (unpaired) electrons. The molecule has 0 bridgehead atoms. The highest BCUT2D eigenvalue weighted by molar-refractivity contribution is 5.68. The van der Waals surface area contributed by atoms with Gasteiger partial charge in [-0.2, -0.15) is 0 Å². The van der Waals surface area contributed by atoms with Gasteiger partial charge in [-0.1, -0.05) is 65.5 Å². The van der Waals surface area contributed by atoms with Crippen LogP contribution in [0.3, 0.4) is 0 Å². The van der Waals surface area contributed by atoms with Crippen LogP contribution in [0.2, 0.25) is 0 Å². The van der Waals surface area contributed by atoms with E-state index in [4.69, 9.17) is 14.2 Å². The number of alkyl carbamates (subject to hydrolysis) is 2. The molecule has 7 nitrogen and oxygen atoms in total. The van der Waals surface area contributed by atoms with Gasteiger partial charge in [0.1, 0.15) is 11.7 Å². The summed E-state index contributed by atoms with van der Waals surface area (Å²) in [7, 11) is 0. The topological polar surface area (TPSA) is 85.9 Å². The normalized spacial score (nSPS) is 31.9. The number of fused-ring (bicyclic) bond motifs is 5. The Bertz CT molecular complexity index is 1190. The molecule has 50 heavy (non-hydrogen) atoms. The van der Waals surface area contributed by atoms with E-state index >= 15 is 0 Å². The van der Waals surface area contributed by atoms with Gasteiger partial charge in [0.15, 0.2) is 0 Å². The second-order valence-corrected chi connectivity index (χ2v) is 20.1. The monoisotopic (exact) mass is 701 g/mol. The highest BCUT2D eigenvalue weighted by Gasteiger charge is 2.59. The number of hydrogen-bond donors (Lipinski definition) is 2. The first-order valence-electron chi connectivity index (χ1n) is 20.4. The van der Waals surface area contributed by atoms with Gasteiger partial charge in [0.25, 0.3) is 0 Å². The molecule has 0 heterocycles. The number of carbonyl (C=O) groups is 2. The van der Waals surface area contributed by atoms with Crippen LogP contribution in [0, 0.1) is 46.3 Å². The van der Waals surface area contributed by atoms with E-state index in [9.17, 15) is 9.59 Å². The van der Waals surface area contributed by atoms with Gasteiger partial charge in [-0.25, -0.2) is 9.59 Å². The number of nitrogens with one attached hydrogen (secondary N) is 2. The molecule has 0 saturated heterocycles. The molecule has 0 aromatic carbocycles. The fraction of sp³-hybridized carbons (Fsp3) is 0.907. The Morgan fingerprint density at radius 3 is 2.30 bits per heavy atom. The summed E-state index contributed by atoms with van der Waals surface area (Å²) in [6.07, 6.45) is 17.0. The van der Waals surface area contributed by atoms with Crippen molar-refractivity contribution in [2.45, 2.75) is 189 Å². The largest absolute Gasteiger partial charge is 0.446 e. The van der Waals surface area contributed by atoms with Crippen molar-refractivity contribution >= 4 is 12.2 Å². The van der Waals surface area contributed by atoms with Gasteiger partial charge in [-0.3, -0.25) is 0 Å². The lowest BCUT2D eigenvalue weighted by molar-refractivity contribution is -0.0582. The zero-order valence-corrected chi connectivity index (χ0v) is 34.3. The van der Waals surface area contributed by atoms with Crippen molar-refractivity contribution in [1.29, 1.82) is 0 Å². The Labute approximate surface area is 306 Å². The van der Waals surface area contributed by atoms with E-state index in [1.165, 1.54) is 51.4 Å². The SMILES string of the molecule is CC(C)CCC[C@@H](C)[C@H]1CC[C@H]2[C@@H]3CC=C4C[C@@H](OC(=O)NCCC(C)(C)OCCC(C)(C)NC(=O)OC(C)(C)C)CC[C@]4(C)[C@H]3CC[C@]12C. The molecule has 0 aromatic heterocycles. The number of amides is 2. The zero-order chi connectivity index (χ0) is 37.1. The third-order valence-electron chi connectivity index (χ3n) is 13.6. The van der Waals surface area contributed by atoms with Crippen LogP contribution in [0.4, 0.5) is 9.59 Å². The van der Waals surface area contributed by atoms with Gasteiger partial charge in [-0.15, -0.1) is 0 Å². The van der Waals surface area contributed by atoms with Gasteiger partial charge in [0.05, 0.1) is 5.60 Å². The lowest BCUT2D eigenvalue weighted by atomic mass is 9.47. The molecule has 3 saturated carbocycles. The van der Waals surface area contributed by atoms with Crippen LogP contribution in [-0.4, -0.2) is 48.2 Å². The first-order chi connectivity index (χ1) is 23.1. The fourth-order valence-electron chi connectivity index (χ4n) is 10.7. The van der Waals surface area contributed by atoms with Crippen LogP contribution >= 0.6 is 0 Å². The zero-order valence-electron chi connectivity index (χ0n) is 34.3. The molecule has 4 aliphatic rings. The predicted molar refractivity (Wildman–Crippen MR) is 204 cm³/mol. The summed E-state index contributed by atoms with van der Waals surface area (Å²) < 4.78 is 17.6. The standard InChI is InChI=1S/C43H76N2O5/c1-29(2)14-13-15-30(3)34-18-19-35-33-17-16-31-28-32(20-22-42(31,11)36(33)21-23-43(34,35)12)49-37(46)44-26-24-41(9,10)48-27-25-40(7,8)45-38(47)50-39(4,5)6/h16,29-30,32-36H,13-15,17-28H2,1-12H3,(H,44,46)(H,45,47)/t30-,32+,33+,34-,35+,36+,42+,43-/m1/s1. The van der Waals surface area contributed by atoms with Crippen molar-refractivity contribution in [2.75, 3.05) is 13.2 Å². The fourth-order valence-corrected chi connectivity index (χ4v) is 10.7. The molecule has 8 atom stereocenters. The Morgan fingerprint density at radius 2 is 1.62 bits per heavy atom. The molecule has 2 amide bonds. The van der Waals surface area contributed by atoms with E-state index in [0.717, 1.165) is 54.8 Å². The summed E-state index contributed by atoms with van der Waals surface area (Å²) in [5.41, 5.74) is 0.888. The quantitative estimate of drug-likeness (QED) is 0.176. The molecule has 3 fully saturated rings. The summed E-state index contributed by atoms with van der Waals surface area (Å²) in [6.45, 7) is 27.0. The van der Waals surface area contributed by atoms with Crippen molar-refractivity contribution in [3.05, 3.63) is 11.6 Å². The molecule has 0 spiro atoms. The van der Waals surface area contributed by atoms with Crippen molar-refractivity contribution in [3.8, 4) is 0 Å². The second kappa shape index (κ2) is 16.1. The van der Waals surface area contributed by atoms with E-state index in [2.05, 4.69) is 51.3 Å². The maximum absolute atomic E-state index is 12.9. The van der Waals surface area contributed by atoms with Crippen molar-refractivity contribution in [1.82, 2.24) is 10.6 Å². The van der Waals surface area contributed by atoms with Crippen LogP contribution in [0.15, 0.2) is 11.6 Å². The van der Waals surface area contributed by atoms with E-state index < -0.39 is 22.8 Å². The average molecular weight is 701 g/mol. The van der Waals surface area contributed by atoms with E-state index in [1.54, 1.807) is 5.57 Å². The molecule has 2 N–H and O–H groups in total. The van der Waals surface area contributed by atoms with Crippen molar-refractivity contribution in [2.24, 2.45) is 46.3 Å². The van der Waals surface area contributed by atoms with Crippen LogP contribution in [0.25, 0.3) is 0 Å². The molecule has 0 aromatic rings. The van der Waals surface area contributed by atoms with Gasteiger partial charge >= 0.3 is 12.2 Å². The highest BCUT2D eigenvalue weighted by Crippen LogP contribution is 2.67. The lowest BCUT2D eigenvalue weighted by Gasteiger charge is -2.58. The Balaban J connectivity index is 1.21. The minimum Gasteiger partial charge on any atom is -0.446 e. The summed E-state index contributed by atoms with van der Waals surface area (Å²) in [4.78, 5) is 25.1. The first kappa shape index (κ1) is 41.0. The van der Waals surface area contributed by atoms with Gasteiger partial charge in [-0.05, 0) is 153 Å². The minimum absolute atomic E-state index is 0.0498. The number of ether oxygens (including phenoxy) is 3. The molecule has 0 aliphatic heterocycles. The molecular weight excluding hydrogens is 624 g/mol. The molecule has 4 rings (SSSR count). The van der Waals surface area contributed by atoms with E-state index in [-0.39, 0.29) is 17.6 Å². The minimum atomic E-state index is -0.538. The van der Waals surface area contributed by atoms with Crippen LogP contribution in [-0.2, 0) is 14.2 Å². The molecule has 0 unspecified atom stereocenters. The summed E-state index contributed by atoms with van der Waals surface area (Å²) in [6, 6.07) is 0. The third-order valence-corrected chi connectivity index (χ3v) is 13.6. The smallest absolute Gasteiger partial charge is 0.408 e. The van der Waals surface area contributed by atoms with Gasteiger partial charge in [0, 0.05) is 25.1 Å². The first-order valence-corrected chi connectivity index (χ1v) is 20.4. The average Bonchev–Trinajstić information content (AvgIpc) is 3.32. The number of rotatable bonds is 14. The molecule has 7 heteroatoms. The van der Waals surface area contributed by atoms with E-state index in [0.29, 0.717) is 31.4 Å². The summed E-state index contributed by atoms with van der Waals surface area (Å²) in [5.74, 6) is 4.99. The number of hydrogen-bond acceptors (Lipinski definition) is 5. The highest BCUT2D eigenvalue weighted by atomic mass is 16.6. The van der Waals surface area contributed by atoms with Crippen LogP contribution in [0.1, 0.15) is 167 Å². The Morgan fingerprint density at radius 1 is 0.900 bits per heavy atom. The number of allylic oxidation sites excluding steroid dienone is 1. The van der Waals surface area contributed by atoms with Gasteiger partial charge in [0.2, 0.25) is 0 Å². The summed E-state index contributed by atoms with van der Waals surface area (Å²) in [5, 5.41) is 5.93. The molecule has 288 valence electrons. The molecule has 4 aliphatic carbocycles. The maximum Gasteiger partial charge on any atom is 0.408 e. The maximum atomic E-state index is 12.9. The third kappa shape index (κ3) is 10.4. The van der Waals surface area contributed by atoms with Gasteiger partial charge < -0.3 is 24.8 Å². The van der Waals surface area contributed by atoms with Crippen molar-refractivity contribution < 1.29 is 23.8 Å². The Hall–Kier alpha value is -1.76. The lowest BCUT2D eigenvalue weighted by Crippen LogP contribution is -2.51. The molecular formula is C43H76N2O5.